The van der Waals surface area contributed by atoms with Crippen molar-refractivity contribution < 1.29 is 21.1 Å². The van der Waals surface area contributed by atoms with Crippen LogP contribution >= 0.6 is 0 Å². The average Bonchev–Trinajstić information content (AvgIpc) is 2.77. The van der Waals surface area contributed by atoms with Gasteiger partial charge in [0.2, 0.25) is 0 Å². The van der Waals surface area contributed by atoms with Crippen LogP contribution in [-0.2, 0) is 21.1 Å². The number of rotatable bonds is 3. The summed E-state index contributed by atoms with van der Waals surface area (Å²) in [6, 6.07) is 35.2. The average molecular weight is 552 g/mol. The Balaban J connectivity index is 0.00000205. The van der Waals surface area contributed by atoms with Crippen LogP contribution < -0.4 is 0 Å². The van der Waals surface area contributed by atoms with Crippen molar-refractivity contribution >= 4 is 33.6 Å². The Kier molecular flexibility index (Phi) is 5.64. The summed E-state index contributed by atoms with van der Waals surface area (Å²) in [5.74, 6) is 0. The zero-order valence-electron chi connectivity index (χ0n) is 15.4. The largest absolute Gasteiger partial charge is 2.00 e. The molecule has 0 atom stereocenters. The molecule has 0 spiro atoms. The molecule has 0 bridgehead atoms. The minimum atomic E-state index is 0. The number of hydrogen-bond donors (Lipinski definition) is 0. The quantitative estimate of drug-likeness (QED) is 0.188. The van der Waals surface area contributed by atoms with Crippen molar-refractivity contribution in [2.45, 2.75) is 0 Å². The first-order valence-corrected chi connectivity index (χ1v) is 9.18. The fourth-order valence-electron chi connectivity index (χ4n) is 3.39. The summed E-state index contributed by atoms with van der Waals surface area (Å²) in [6.45, 7) is 0. The van der Waals surface area contributed by atoms with Gasteiger partial charge in [-0.2, -0.15) is 0 Å². The molecule has 0 aliphatic carbocycles. The molecule has 29 heavy (non-hydrogen) atoms. The Hall–Kier alpha value is -3.09. The molecular weight excluding hydrogens is 535 g/mol. The molecular formula is C26H16N2Pt. The second-order valence-electron chi connectivity index (χ2n) is 6.57. The van der Waals surface area contributed by atoms with Gasteiger partial charge in [-0.05, 0) is 17.1 Å². The van der Waals surface area contributed by atoms with Crippen molar-refractivity contribution in [3.63, 3.8) is 0 Å². The van der Waals surface area contributed by atoms with Crippen molar-refractivity contribution in [3.8, 4) is 11.1 Å². The van der Waals surface area contributed by atoms with Crippen molar-refractivity contribution in [1.29, 1.82) is 0 Å². The molecule has 0 saturated carbocycles. The van der Waals surface area contributed by atoms with Gasteiger partial charge in [-0.3, -0.25) is 4.98 Å². The van der Waals surface area contributed by atoms with E-state index in [9.17, 15) is 0 Å². The summed E-state index contributed by atoms with van der Waals surface area (Å²) >= 11 is 0. The molecule has 0 aliphatic rings. The molecule has 1 heterocycles. The van der Waals surface area contributed by atoms with Crippen LogP contribution in [0.1, 0.15) is 5.56 Å². The molecule has 2 nitrogen and oxygen atoms in total. The first-order chi connectivity index (χ1) is 13.9. The number of aliphatic imine (C=N–C) groups is 1. The zero-order chi connectivity index (χ0) is 18.8. The van der Waals surface area contributed by atoms with E-state index in [1.807, 2.05) is 54.9 Å². The molecule has 3 heteroatoms. The molecule has 0 unspecified atom stereocenters. The summed E-state index contributed by atoms with van der Waals surface area (Å²) in [6.07, 6.45) is 3.67. The van der Waals surface area contributed by atoms with Crippen molar-refractivity contribution in [3.05, 3.63) is 109 Å². The van der Waals surface area contributed by atoms with Crippen LogP contribution in [0, 0.1) is 12.1 Å². The second kappa shape index (κ2) is 8.51. The van der Waals surface area contributed by atoms with Gasteiger partial charge in [0.1, 0.15) is 0 Å². The number of hydrogen-bond acceptors (Lipinski definition) is 2. The summed E-state index contributed by atoms with van der Waals surface area (Å²) < 4.78 is 0. The molecule has 0 N–H and O–H groups in total. The van der Waals surface area contributed by atoms with Gasteiger partial charge in [-0.1, -0.05) is 65.0 Å². The monoisotopic (exact) mass is 551 g/mol. The SMILES string of the molecule is [Pt+2].[c-]1ccccc1C=Nc1cccc2ccc(-c3cccc4cccnc34)[c-]c12. The maximum absolute atomic E-state index is 4.70. The first-order valence-electron chi connectivity index (χ1n) is 9.18. The summed E-state index contributed by atoms with van der Waals surface area (Å²) in [4.78, 5) is 9.28. The van der Waals surface area contributed by atoms with E-state index in [2.05, 4.69) is 59.6 Å². The van der Waals surface area contributed by atoms with E-state index < -0.39 is 0 Å². The molecule has 1 aromatic heterocycles. The molecule has 5 rings (SSSR count). The summed E-state index contributed by atoms with van der Waals surface area (Å²) in [5, 5.41) is 3.24. The molecule has 140 valence electrons. The van der Waals surface area contributed by atoms with Gasteiger partial charge in [-0.15, -0.1) is 59.7 Å². The van der Waals surface area contributed by atoms with Crippen LogP contribution in [0.4, 0.5) is 5.69 Å². The van der Waals surface area contributed by atoms with Crippen LogP contribution in [-0.4, -0.2) is 11.2 Å². The number of aromatic nitrogens is 1. The minimum Gasteiger partial charge on any atom is -0.343 e. The van der Waals surface area contributed by atoms with Crippen LogP contribution in [0.25, 0.3) is 32.8 Å². The maximum Gasteiger partial charge on any atom is 2.00 e. The van der Waals surface area contributed by atoms with E-state index in [1.165, 1.54) is 0 Å². The Morgan fingerprint density at radius 3 is 2.55 bits per heavy atom. The smallest absolute Gasteiger partial charge is 0.343 e. The van der Waals surface area contributed by atoms with Crippen LogP contribution in [0.2, 0.25) is 0 Å². The van der Waals surface area contributed by atoms with Crippen LogP contribution in [0.5, 0.6) is 0 Å². The molecule has 0 aliphatic heterocycles. The van der Waals surface area contributed by atoms with Gasteiger partial charge in [0, 0.05) is 11.7 Å². The molecule has 5 aromatic rings. The minimum absolute atomic E-state index is 0. The number of pyridine rings is 1. The maximum atomic E-state index is 4.70. The van der Waals surface area contributed by atoms with E-state index in [-0.39, 0.29) is 21.1 Å². The van der Waals surface area contributed by atoms with E-state index >= 15 is 0 Å². The van der Waals surface area contributed by atoms with Gasteiger partial charge < -0.3 is 4.99 Å². The number of benzene rings is 4. The molecule has 0 fully saturated rings. The second-order valence-corrected chi connectivity index (χ2v) is 6.57. The summed E-state index contributed by atoms with van der Waals surface area (Å²) in [7, 11) is 0. The van der Waals surface area contributed by atoms with Gasteiger partial charge in [-0.25, -0.2) is 0 Å². The van der Waals surface area contributed by atoms with Gasteiger partial charge in [0.15, 0.2) is 0 Å². The number of para-hydroxylation sites is 1. The Bertz CT molecular complexity index is 1310. The predicted molar refractivity (Wildman–Crippen MR) is 116 cm³/mol. The van der Waals surface area contributed by atoms with Crippen molar-refractivity contribution in [1.82, 2.24) is 4.98 Å². The molecule has 4 aromatic carbocycles. The standard InChI is InChI=1S/C26H16N2.Pt/c1-2-7-19(8-3-1)18-28-25-13-5-9-20-14-15-22(17-24(20)25)23-12-4-10-21-11-6-16-27-26(21)23;/h1-7,9-16,18H;/q-2;+2. The molecule has 0 radical (unpaired) electrons. The van der Waals surface area contributed by atoms with E-state index in [1.54, 1.807) is 0 Å². The third-order valence-electron chi connectivity index (χ3n) is 4.76. The number of nitrogens with zero attached hydrogens (tertiary/aromatic N) is 2. The Morgan fingerprint density at radius 1 is 0.793 bits per heavy atom. The normalized spacial score (nSPS) is 11.0. The summed E-state index contributed by atoms with van der Waals surface area (Å²) in [5.41, 5.74) is 4.93. The topological polar surface area (TPSA) is 25.2 Å². The third-order valence-corrected chi connectivity index (χ3v) is 4.76. The van der Waals surface area contributed by atoms with Crippen LogP contribution in [0.15, 0.2) is 96.1 Å². The Morgan fingerprint density at radius 2 is 1.66 bits per heavy atom. The zero-order valence-corrected chi connectivity index (χ0v) is 17.7. The van der Waals surface area contributed by atoms with Crippen molar-refractivity contribution in [2.24, 2.45) is 4.99 Å². The first kappa shape index (κ1) is 19.2. The van der Waals surface area contributed by atoms with Crippen LogP contribution in [0.3, 0.4) is 0 Å². The van der Waals surface area contributed by atoms with Gasteiger partial charge in [0.25, 0.3) is 0 Å². The van der Waals surface area contributed by atoms with E-state index in [0.717, 1.165) is 44.1 Å². The van der Waals surface area contributed by atoms with Gasteiger partial charge >= 0.3 is 21.1 Å². The molecule has 0 saturated heterocycles. The van der Waals surface area contributed by atoms with E-state index in [0.29, 0.717) is 0 Å². The van der Waals surface area contributed by atoms with E-state index in [4.69, 9.17) is 4.99 Å². The number of fused-ring (bicyclic) bond motifs is 2. The van der Waals surface area contributed by atoms with Gasteiger partial charge in [0.05, 0.1) is 0 Å². The third kappa shape index (κ3) is 3.90. The fourth-order valence-corrected chi connectivity index (χ4v) is 3.39. The Labute approximate surface area is 184 Å². The molecule has 0 amide bonds. The predicted octanol–water partition coefficient (Wildman–Crippen LogP) is 6.40. The fraction of sp³-hybridized carbons (Fsp3) is 0. The van der Waals surface area contributed by atoms with Crippen molar-refractivity contribution in [2.75, 3.05) is 0 Å².